The molecule has 1 N–H and O–H groups in total. The van der Waals surface area contributed by atoms with E-state index in [0.717, 1.165) is 13.1 Å². The van der Waals surface area contributed by atoms with Crippen LogP contribution in [0.25, 0.3) is 0 Å². The molecule has 0 radical (unpaired) electrons. The molecule has 0 aliphatic carbocycles. The number of nitrogens with zero attached hydrogens (tertiary/aromatic N) is 2. The Kier molecular flexibility index (Phi) is 7.36. The summed E-state index contributed by atoms with van der Waals surface area (Å²) in [6, 6.07) is 16.5. The van der Waals surface area contributed by atoms with Crippen molar-refractivity contribution in [1.29, 1.82) is 0 Å². The molecule has 0 atom stereocenters. The molecule has 1 aliphatic heterocycles. The maximum atomic E-state index is 3.33. The van der Waals surface area contributed by atoms with Crippen molar-refractivity contribution in [2.75, 3.05) is 33.2 Å². The second kappa shape index (κ2) is 9.74. The van der Waals surface area contributed by atoms with Gasteiger partial charge in [0.2, 0.25) is 0 Å². The van der Waals surface area contributed by atoms with Crippen molar-refractivity contribution in [1.82, 2.24) is 15.1 Å². The summed E-state index contributed by atoms with van der Waals surface area (Å²) in [4.78, 5) is 7.81. The molecule has 3 nitrogen and oxygen atoms in total. The zero-order valence-corrected chi connectivity index (χ0v) is 18.0. The predicted octanol–water partition coefficient (Wildman–Crippen LogP) is 4.39. The summed E-state index contributed by atoms with van der Waals surface area (Å²) in [5, 5.41) is 3.33. The van der Waals surface area contributed by atoms with Crippen LogP contribution in [0.1, 0.15) is 30.5 Å². The number of hydrogen-bond acceptors (Lipinski definition) is 4. The van der Waals surface area contributed by atoms with Crippen molar-refractivity contribution in [3.63, 3.8) is 0 Å². The monoisotopic (exact) mass is 383 g/mol. The van der Waals surface area contributed by atoms with E-state index in [4.69, 9.17) is 0 Å². The Bertz CT molecular complexity index is 719. The van der Waals surface area contributed by atoms with Crippen LogP contribution in [-0.4, -0.2) is 49.1 Å². The number of piperazine rings is 1. The largest absolute Gasteiger partial charge is 0.316 e. The van der Waals surface area contributed by atoms with Gasteiger partial charge in [-0.25, -0.2) is 0 Å². The predicted molar refractivity (Wildman–Crippen MR) is 116 cm³/mol. The lowest BCUT2D eigenvalue weighted by Crippen LogP contribution is -2.48. The molecule has 27 heavy (non-hydrogen) atoms. The highest BCUT2D eigenvalue weighted by molar-refractivity contribution is 7.99. The Morgan fingerprint density at radius 2 is 1.70 bits per heavy atom. The Morgan fingerprint density at radius 3 is 2.33 bits per heavy atom. The zero-order valence-electron chi connectivity index (χ0n) is 17.2. The van der Waals surface area contributed by atoms with Gasteiger partial charge in [-0.2, -0.15) is 0 Å². The summed E-state index contributed by atoms with van der Waals surface area (Å²) >= 11 is 1.86. The molecular formula is C23H33N3S. The van der Waals surface area contributed by atoms with Crippen LogP contribution >= 0.6 is 11.8 Å². The molecule has 3 rings (SSSR count). The molecule has 1 saturated heterocycles. The Hall–Kier alpha value is -1.33. The first-order chi connectivity index (χ1) is 13.0. The standard InChI is InChI=1S/C23H33N3S/c1-18(2)26-13-11-25(12-14-26)17-20-7-10-23(21(15-20)16-24-4)27-22-8-5-19(3)6-9-22/h5-10,15,18,24H,11-14,16-17H2,1-4H3. The lowest BCUT2D eigenvalue weighted by molar-refractivity contribution is 0.104. The van der Waals surface area contributed by atoms with Gasteiger partial charge in [-0.1, -0.05) is 41.6 Å². The zero-order chi connectivity index (χ0) is 19.2. The van der Waals surface area contributed by atoms with Crippen molar-refractivity contribution in [2.45, 2.75) is 49.7 Å². The van der Waals surface area contributed by atoms with Gasteiger partial charge >= 0.3 is 0 Å². The van der Waals surface area contributed by atoms with Crippen molar-refractivity contribution in [2.24, 2.45) is 0 Å². The van der Waals surface area contributed by atoms with Crippen molar-refractivity contribution in [3.8, 4) is 0 Å². The van der Waals surface area contributed by atoms with Gasteiger partial charge in [-0.3, -0.25) is 9.80 Å². The van der Waals surface area contributed by atoms with Crippen LogP contribution in [0.3, 0.4) is 0 Å². The van der Waals surface area contributed by atoms with Crippen LogP contribution in [0.2, 0.25) is 0 Å². The van der Waals surface area contributed by atoms with Crippen molar-refractivity contribution in [3.05, 3.63) is 59.2 Å². The topological polar surface area (TPSA) is 18.5 Å². The Balaban J connectivity index is 1.67. The molecule has 0 unspecified atom stereocenters. The molecule has 2 aromatic rings. The Morgan fingerprint density at radius 1 is 1.00 bits per heavy atom. The fourth-order valence-corrected chi connectivity index (χ4v) is 4.51. The average Bonchev–Trinajstić information content (AvgIpc) is 2.66. The highest BCUT2D eigenvalue weighted by Crippen LogP contribution is 2.31. The van der Waals surface area contributed by atoms with Gasteiger partial charge in [-0.15, -0.1) is 0 Å². The highest BCUT2D eigenvalue weighted by atomic mass is 32.2. The highest BCUT2D eigenvalue weighted by Gasteiger charge is 2.19. The number of aryl methyl sites for hydroxylation is 1. The molecule has 4 heteroatoms. The van der Waals surface area contributed by atoms with Crippen molar-refractivity contribution >= 4 is 11.8 Å². The summed E-state index contributed by atoms with van der Waals surface area (Å²) in [6.07, 6.45) is 0. The quantitative estimate of drug-likeness (QED) is 0.764. The smallest absolute Gasteiger partial charge is 0.0234 e. The molecule has 1 aliphatic rings. The van der Waals surface area contributed by atoms with E-state index in [1.165, 1.54) is 52.7 Å². The summed E-state index contributed by atoms with van der Waals surface area (Å²) in [6.45, 7) is 13.4. The van der Waals surface area contributed by atoms with Gasteiger partial charge in [0.25, 0.3) is 0 Å². The van der Waals surface area contributed by atoms with E-state index in [1.807, 2.05) is 18.8 Å². The van der Waals surface area contributed by atoms with Gasteiger partial charge in [0, 0.05) is 55.1 Å². The van der Waals surface area contributed by atoms with Crippen LogP contribution in [0.15, 0.2) is 52.3 Å². The molecule has 0 aromatic heterocycles. The minimum Gasteiger partial charge on any atom is -0.316 e. The van der Waals surface area contributed by atoms with E-state index in [1.54, 1.807) is 0 Å². The number of nitrogens with one attached hydrogen (secondary N) is 1. The SMILES string of the molecule is CNCc1cc(CN2CCN(C(C)C)CC2)ccc1Sc1ccc(C)cc1. The summed E-state index contributed by atoms with van der Waals surface area (Å²) < 4.78 is 0. The molecule has 0 spiro atoms. The van der Waals surface area contributed by atoms with Crippen LogP contribution < -0.4 is 5.32 Å². The van der Waals surface area contributed by atoms with E-state index in [9.17, 15) is 0 Å². The number of benzene rings is 2. The molecule has 2 aromatic carbocycles. The molecule has 0 saturated carbocycles. The molecule has 1 fully saturated rings. The summed E-state index contributed by atoms with van der Waals surface area (Å²) in [5.41, 5.74) is 4.12. The second-order valence-corrected chi connectivity index (χ2v) is 8.91. The molecule has 0 amide bonds. The molecule has 146 valence electrons. The molecule has 1 heterocycles. The minimum atomic E-state index is 0.660. The normalized spacial score (nSPS) is 16.2. The van der Waals surface area contributed by atoms with E-state index < -0.39 is 0 Å². The third-order valence-electron chi connectivity index (χ3n) is 5.28. The van der Waals surface area contributed by atoms with E-state index >= 15 is 0 Å². The molecular weight excluding hydrogens is 350 g/mol. The lowest BCUT2D eigenvalue weighted by Gasteiger charge is -2.37. The third-order valence-corrected chi connectivity index (χ3v) is 6.41. The van der Waals surface area contributed by atoms with Gasteiger partial charge in [0.15, 0.2) is 0 Å². The summed E-state index contributed by atoms with van der Waals surface area (Å²) in [5.74, 6) is 0. The van der Waals surface area contributed by atoms with Gasteiger partial charge in [-0.05, 0) is 57.1 Å². The number of hydrogen-bond donors (Lipinski definition) is 1. The van der Waals surface area contributed by atoms with E-state index in [-0.39, 0.29) is 0 Å². The van der Waals surface area contributed by atoms with Crippen LogP contribution in [0.4, 0.5) is 0 Å². The Labute approximate surface area is 169 Å². The third kappa shape index (κ3) is 5.82. The fraction of sp³-hybridized carbons (Fsp3) is 0.478. The van der Waals surface area contributed by atoms with E-state index in [2.05, 4.69) is 78.4 Å². The second-order valence-electron chi connectivity index (χ2n) is 7.79. The first-order valence-electron chi connectivity index (χ1n) is 10.0. The van der Waals surface area contributed by atoms with Crippen LogP contribution in [-0.2, 0) is 13.1 Å². The average molecular weight is 384 g/mol. The van der Waals surface area contributed by atoms with E-state index in [0.29, 0.717) is 6.04 Å². The maximum absolute atomic E-state index is 3.33. The van der Waals surface area contributed by atoms with Gasteiger partial charge in [0.1, 0.15) is 0 Å². The van der Waals surface area contributed by atoms with Crippen molar-refractivity contribution < 1.29 is 0 Å². The first-order valence-corrected chi connectivity index (χ1v) is 10.8. The minimum absolute atomic E-state index is 0.660. The maximum Gasteiger partial charge on any atom is 0.0234 e. The van der Waals surface area contributed by atoms with Gasteiger partial charge in [0.05, 0.1) is 0 Å². The lowest BCUT2D eigenvalue weighted by atomic mass is 10.1. The molecule has 0 bridgehead atoms. The first kappa shape index (κ1) is 20.4. The van der Waals surface area contributed by atoms with Crippen LogP contribution in [0.5, 0.6) is 0 Å². The van der Waals surface area contributed by atoms with Crippen LogP contribution in [0, 0.1) is 6.92 Å². The number of rotatable bonds is 7. The fourth-order valence-electron chi connectivity index (χ4n) is 3.59. The van der Waals surface area contributed by atoms with Gasteiger partial charge < -0.3 is 5.32 Å². The summed E-state index contributed by atoms with van der Waals surface area (Å²) in [7, 11) is 2.03.